The number of anilines is 2. The zero-order chi connectivity index (χ0) is 11.1. The minimum absolute atomic E-state index is 0.342. The van der Waals surface area contributed by atoms with Crippen LogP contribution >= 0.6 is 11.6 Å². The van der Waals surface area contributed by atoms with Crippen LogP contribution in [0.15, 0.2) is 30.5 Å². The third-order valence-electron chi connectivity index (χ3n) is 2.53. The van der Waals surface area contributed by atoms with Gasteiger partial charge in [-0.2, -0.15) is 5.10 Å². The highest BCUT2D eigenvalue weighted by molar-refractivity contribution is 6.32. The smallest absolute Gasteiger partial charge is 0.179 e. The number of halogens is 1. The van der Waals surface area contributed by atoms with Gasteiger partial charge in [-0.1, -0.05) is 23.7 Å². The van der Waals surface area contributed by atoms with Crippen LogP contribution in [0.4, 0.5) is 11.4 Å². The molecule has 0 saturated carbocycles. The van der Waals surface area contributed by atoms with Crippen LogP contribution in [-0.2, 0) is 0 Å². The van der Waals surface area contributed by atoms with Crippen LogP contribution in [0.5, 0.6) is 11.5 Å². The Morgan fingerprint density at radius 1 is 1.25 bits per heavy atom. The van der Waals surface area contributed by atoms with Gasteiger partial charge in [0.2, 0.25) is 0 Å². The monoisotopic (exact) mass is 233 g/mol. The maximum atomic E-state index is 6.01. The van der Waals surface area contributed by atoms with Crippen LogP contribution in [0.1, 0.15) is 0 Å². The second-order valence-corrected chi connectivity index (χ2v) is 3.84. The van der Waals surface area contributed by atoms with Crippen LogP contribution in [-0.4, -0.2) is 17.2 Å². The predicted molar refractivity (Wildman–Crippen MR) is 61.6 cm³/mol. The van der Waals surface area contributed by atoms with E-state index in [2.05, 4.69) is 10.2 Å². The first-order valence-corrected chi connectivity index (χ1v) is 5.17. The summed E-state index contributed by atoms with van der Waals surface area (Å²) in [4.78, 5) is 1.95. The van der Waals surface area contributed by atoms with E-state index in [0.29, 0.717) is 10.9 Å². The van der Waals surface area contributed by atoms with Gasteiger partial charge in [-0.25, -0.2) is 0 Å². The number of nitrogens with zero attached hydrogens (tertiary/aromatic N) is 3. The van der Waals surface area contributed by atoms with Crippen LogP contribution in [0.3, 0.4) is 0 Å². The predicted octanol–water partition coefficient (Wildman–Crippen LogP) is 3.00. The van der Waals surface area contributed by atoms with E-state index in [1.54, 1.807) is 6.20 Å². The van der Waals surface area contributed by atoms with Gasteiger partial charge in [0, 0.05) is 7.05 Å². The Morgan fingerprint density at radius 3 is 2.94 bits per heavy atom. The summed E-state index contributed by atoms with van der Waals surface area (Å²) < 4.78 is 5.70. The number of benzene rings is 1. The van der Waals surface area contributed by atoms with E-state index < -0.39 is 0 Å². The fraction of sp³-hybridized carbons (Fsp3) is 0.0909. The molecule has 0 spiro atoms. The van der Waals surface area contributed by atoms with E-state index in [4.69, 9.17) is 16.3 Å². The minimum Gasteiger partial charge on any atom is -0.451 e. The van der Waals surface area contributed by atoms with Crippen molar-refractivity contribution in [3.63, 3.8) is 0 Å². The van der Waals surface area contributed by atoms with Gasteiger partial charge >= 0.3 is 0 Å². The van der Waals surface area contributed by atoms with Crippen molar-refractivity contribution in [2.24, 2.45) is 0 Å². The fourth-order valence-corrected chi connectivity index (χ4v) is 2.04. The number of hydrogen-bond donors (Lipinski definition) is 0. The maximum Gasteiger partial charge on any atom is 0.179 e. The molecule has 1 aromatic heterocycles. The second kappa shape index (κ2) is 3.35. The Labute approximate surface area is 97.4 Å². The van der Waals surface area contributed by atoms with Gasteiger partial charge in [-0.05, 0) is 12.1 Å². The summed E-state index contributed by atoms with van der Waals surface area (Å²) in [6.07, 6.45) is 1.56. The lowest BCUT2D eigenvalue weighted by atomic mass is 10.2. The molecule has 0 saturated heterocycles. The second-order valence-electron chi connectivity index (χ2n) is 3.48. The Morgan fingerprint density at radius 2 is 2.06 bits per heavy atom. The number of fused-ring (bicyclic) bond motifs is 2. The first-order chi connectivity index (χ1) is 7.77. The van der Waals surface area contributed by atoms with E-state index in [1.807, 2.05) is 36.2 Å². The summed E-state index contributed by atoms with van der Waals surface area (Å²) in [5, 5.41) is 7.92. The SMILES string of the molecule is CN1c2ccccc2Oc2cnnc(Cl)c21. The van der Waals surface area contributed by atoms with Gasteiger partial charge < -0.3 is 9.64 Å². The maximum absolute atomic E-state index is 6.01. The quantitative estimate of drug-likeness (QED) is 0.701. The van der Waals surface area contributed by atoms with Crippen molar-refractivity contribution in [2.75, 3.05) is 11.9 Å². The van der Waals surface area contributed by atoms with Crippen molar-refractivity contribution in [2.45, 2.75) is 0 Å². The number of hydrogen-bond acceptors (Lipinski definition) is 4. The van der Waals surface area contributed by atoms with E-state index in [1.165, 1.54) is 0 Å². The number of para-hydroxylation sites is 2. The average Bonchev–Trinajstić information content (AvgIpc) is 2.29. The van der Waals surface area contributed by atoms with Crippen molar-refractivity contribution >= 4 is 23.0 Å². The molecule has 16 heavy (non-hydrogen) atoms. The number of aromatic nitrogens is 2. The standard InChI is InChI=1S/C11H8ClN3O/c1-15-7-4-2-3-5-8(7)16-9-6-13-14-11(12)10(9)15/h2-6H,1H3. The van der Waals surface area contributed by atoms with Crippen LogP contribution in [0.25, 0.3) is 0 Å². The largest absolute Gasteiger partial charge is 0.451 e. The molecule has 1 aliphatic heterocycles. The van der Waals surface area contributed by atoms with Crippen LogP contribution in [0.2, 0.25) is 5.15 Å². The topological polar surface area (TPSA) is 38.2 Å². The highest BCUT2D eigenvalue weighted by Crippen LogP contribution is 2.47. The summed E-state index contributed by atoms with van der Waals surface area (Å²) in [5.41, 5.74) is 1.71. The first kappa shape index (κ1) is 9.42. The molecule has 0 aliphatic carbocycles. The highest BCUT2D eigenvalue weighted by atomic mass is 35.5. The lowest BCUT2D eigenvalue weighted by Gasteiger charge is -2.29. The van der Waals surface area contributed by atoms with Crippen molar-refractivity contribution in [3.8, 4) is 11.5 Å². The molecular weight excluding hydrogens is 226 g/mol. The Hall–Kier alpha value is -1.81. The molecule has 1 aromatic carbocycles. The van der Waals surface area contributed by atoms with E-state index in [0.717, 1.165) is 17.1 Å². The lowest BCUT2D eigenvalue weighted by molar-refractivity contribution is 0.471. The van der Waals surface area contributed by atoms with Crippen LogP contribution in [0, 0.1) is 0 Å². The molecule has 0 fully saturated rings. The summed E-state index contributed by atoms with van der Waals surface area (Å²) >= 11 is 6.01. The lowest BCUT2D eigenvalue weighted by Crippen LogP contribution is -2.16. The molecule has 0 radical (unpaired) electrons. The third-order valence-corrected chi connectivity index (χ3v) is 2.79. The van der Waals surface area contributed by atoms with Gasteiger partial charge in [0.15, 0.2) is 16.7 Å². The minimum atomic E-state index is 0.342. The molecule has 80 valence electrons. The van der Waals surface area contributed by atoms with Crippen molar-refractivity contribution in [3.05, 3.63) is 35.6 Å². The van der Waals surface area contributed by atoms with E-state index >= 15 is 0 Å². The molecular formula is C11H8ClN3O. The Bertz CT molecular complexity index is 559. The van der Waals surface area contributed by atoms with E-state index in [-0.39, 0.29) is 0 Å². The molecule has 2 heterocycles. The Balaban J connectivity index is 2.23. The summed E-state index contributed by atoms with van der Waals surface area (Å²) in [7, 11) is 1.92. The summed E-state index contributed by atoms with van der Waals surface area (Å²) in [6, 6.07) is 7.75. The van der Waals surface area contributed by atoms with Crippen molar-refractivity contribution in [1.29, 1.82) is 0 Å². The molecule has 0 N–H and O–H groups in total. The molecule has 4 nitrogen and oxygen atoms in total. The van der Waals surface area contributed by atoms with Gasteiger partial charge in [0.25, 0.3) is 0 Å². The van der Waals surface area contributed by atoms with Gasteiger partial charge in [0.05, 0.1) is 11.9 Å². The number of rotatable bonds is 0. The molecule has 0 atom stereocenters. The van der Waals surface area contributed by atoms with Gasteiger partial charge in [-0.15, -0.1) is 5.10 Å². The average molecular weight is 234 g/mol. The van der Waals surface area contributed by atoms with Crippen LogP contribution < -0.4 is 9.64 Å². The van der Waals surface area contributed by atoms with Crippen molar-refractivity contribution < 1.29 is 4.74 Å². The molecule has 3 rings (SSSR count). The number of ether oxygens (including phenoxy) is 1. The van der Waals surface area contributed by atoms with Crippen molar-refractivity contribution in [1.82, 2.24) is 10.2 Å². The molecule has 2 aromatic rings. The zero-order valence-electron chi connectivity index (χ0n) is 8.51. The molecule has 0 unspecified atom stereocenters. The van der Waals surface area contributed by atoms with E-state index in [9.17, 15) is 0 Å². The fourth-order valence-electron chi connectivity index (χ4n) is 1.78. The normalized spacial score (nSPS) is 12.8. The highest BCUT2D eigenvalue weighted by Gasteiger charge is 2.24. The zero-order valence-corrected chi connectivity index (χ0v) is 9.27. The summed E-state index contributed by atoms with van der Waals surface area (Å²) in [6.45, 7) is 0. The molecule has 1 aliphatic rings. The third kappa shape index (κ3) is 1.23. The first-order valence-electron chi connectivity index (χ1n) is 4.79. The molecule has 0 amide bonds. The molecule has 5 heteroatoms. The van der Waals surface area contributed by atoms with Gasteiger partial charge in [0.1, 0.15) is 5.69 Å². The Kier molecular flexibility index (Phi) is 1.97. The van der Waals surface area contributed by atoms with Gasteiger partial charge in [-0.3, -0.25) is 0 Å². The summed E-state index contributed by atoms with van der Waals surface area (Å²) in [5.74, 6) is 1.42. The molecule has 0 bridgehead atoms.